The van der Waals surface area contributed by atoms with E-state index in [1.807, 2.05) is 6.07 Å². The third-order valence-electron chi connectivity index (χ3n) is 12.3. The SMILES string of the molecule is CC1(C)c2ccccc2Oc2ccc(-c3ccc(N(c4ccc(-c5ccccc5)cc4)c4cccc(-c5ccc6c7ccccc7c7ccccc7c6c5)c4)cc3)cc21. The lowest BCUT2D eigenvalue weighted by molar-refractivity contribution is 0.418. The Bertz CT molecular complexity index is 3160. The first-order valence-electron chi connectivity index (χ1n) is 20.4. The number of para-hydroxylation sites is 1. The van der Waals surface area contributed by atoms with Gasteiger partial charge in [-0.1, -0.05) is 166 Å². The van der Waals surface area contributed by atoms with E-state index in [1.165, 1.54) is 71.3 Å². The minimum atomic E-state index is -0.181. The fourth-order valence-electron chi connectivity index (χ4n) is 9.22. The van der Waals surface area contributed by atoms with Gasteiger partial charge in [0.05, 0.1) is 0 Å². The smallest absolute Gasteiger partial charge is 0.131 e. The third-order valence-corrected chi connectivity index (χ3v) is 12.3. The van der Waals surface area contributed by atoms with Crippen molar-refractivity contribution < 1.29 is 4.74 Å². The molecule has 10 aromatic rings. The highest BCUT2D eigenvalue weighted by Gasteiger charge is 2.34. The van der Waals surface area contributed by atoms with Gasteiger partial charge in [-0.05, 0) is 126 Å². The zero-order valence-electron chi connectivity index (χ0n) is 33.1. The van der Waals surface area contributed by atoms with E-state index in [9.17, 15) is 0 Å². The number of nitrogens with zero attached hydrogens (tertiary/aromatic N) is 1. The molecule has 0 unspecified atom stereocenters. The van der Waals surface area contributed by atoms with Crippen LogP contribution in [-0.2, 0) is 5.41 Å². The first-order valence-corrected chi connectivity index (χ1v) is 20.4. The fourth-order valence-corrected chi connectivity index (χ4v) is 9.22. The van der Waals surface area contributed by atoms with Gasteiger partial charge in [0.2, 0.25) is 0 Å². The first-order chi connectivity index (χ1) is 29.0. The second-order valence-corrected chi connectivity index (χ2v) is 16.1. The molecule has 59 heavy (non-hydrogen) atoms. The second-order valence-electron chi connectivity index (χ2n) is 16.1. The highest BCUT2D eigenvalue weighted by atomic mass is 16.5. The van der Waals surface area contributed by atoms with Gasteiger partial charge in [-0.3, -0.25) is 0 Å². The quantitative estimate of drug-likeness (QED) is 0.157. The van der Waals surface area contributed by atoms with Crippen LogP contribution in [0.25, 0.3) is 65.7 Å². The lowest BCUT2D eigenvalue weighted by atomic mass is 9.75. The molecule has 0 fully saturated rings. The Labute approximate surface area is 345 Å². The van der Waals surface area contributed by atoms with Crippen molar-refractivity contribution in [2.24, 2.45) is 0 Å². The van der Waals surface area contributed by atoms with Gasteiger partial charge in [0.25, 0.3) is 0 Å². The van der Waals surface area contributed by atoms with E-state index in [-0.39, 0.29) is 5.41 Å². The zero-order valence-corrected chi connectivity index (χ0v) is 33.1. The average Bonchev–Trinajstić information content (AvgIpc) is 3.30. The van der Waals surface area contributed by atoms with E-state index in [4.69, 9.17) is 4.74 Å². The van der Waals surface area contributed by atoms with E-state index >= 15 is 0 Å². The van der Waals surface area contributed by atoms with Gasteiger partial charge in [-0.15, -0.1) is 0 Å². The molecule has 0 radical (unpaired) electrons. The maximum atomic E-state index is 6.38. The predicted molar refractivity (Wildman–Crippen MR) is 249 cm³/mol. The third kappa shape index (κ3) is 5.96. The standard InChI is InChI=1S/C57H41NO/c1-57(2)53-21-10-11-22-55(53)59-56-34-28-43(37-54(56)57)40-25-31-45(32-26-40)58(44-29-23-39(24-30-44)38-13-4-3-5-14-38)46-16-12-15-41(35-46)42-27-33-51-49-19-7-6-17-47(49)48-18-8-9-20-50(48)52(51)36-42/h3-37H,1-2H3. The molecule has 11 rings (SSSR count). The molecular weight excluding hydrogens is 715 g/mol. The summed E-state index contributed by atoms with van der Waals surface area (Å²) in [5, 5.41) is 7.69. The maximum Gasteiger partial charge on any atom is 0.131 e. The summed E-state index contributed by atoms with van der Waals surface area (Å²) in [6, 6.07) is 76.9. The molecule has 2 heteroatoms. The Balaban J connectivity index is 1.000. The fraction of sp³-hybridized carbons (Fsp3) is 0.0526. The largest absolute Gasteiger partial charge is 0.457 e. The Morgan fingerprint density at radius 2 is 0.763 bits per heavy atom. The number of fused-ring (bicyclic) bond motifs is 8. The first kappa shape index (κ1) is 34.8. The lowest BCUT2D eigenvalue weighted by Crippen LogP contribution is -2.24. The molecule has 0 saturated carbocycles. The van der Waals surface area contributed by atoms with E-state index in [0.29, 0.717) is 0 Å². The molecule has 0 N–H and O–H groups in total. The van der Waals surface area contributed by atoms with Crippen LogP contribution in [-0.4, -0.2) is 0 Å². The van der Waals surface area contributed by atoms with Crippen LogP contribution < -0.4 is 9.64 Å². The molecular formula is C57H41NO. The number of anilines is 3. The van der Waals surface area contributed by atoms with Crippen LogP contribution in [0, 0.1) is 0 Å². The van der Waals surface area contributed by atoms with Crippen LogP contribution in [0.3, 0.4) is 0 Å². The zero-order chi connectivity index (χ0) is 39.5. The molecule has 10 aromatic carbocycles. The second kappa shape index (κ2) is 13.9. The van der Waals surface area contributed by atoms with Crippen molar-refractivity contribution >= 4 is 49.4 Å². The summed E-state index contributed by atoms with van der Waals surface area (Å²) < 4.78 is 6.38. The van der Waals surface area contributed by atoms with E-state index in [0.717, 1.165) is 34.1 Å². The summed E-state index contributed by atoms with van der Waals surface area (Å²) in [5.41, 5.74) is 12.6. The number of hydrogen-bond acceptors (Lipinski definition) is 2. The van der Waals surface area contributed by atoms with Gasteiger partial charge in [0, 0.05) is 33.6 Å². The van der Waals surface area contributed by atoms with Gasteiger partial charge in [0.1, 0.15) is 11.5 Å². The Morgan fingerprint density at radius 3 is 1.44 bits per heavy atom. The summed E-state index contributed by atoms with van der Waals surface area (Å²) in [6.45, 7) is 4.58. The molecule has 0 amide bonds. The molecule has 0 aliphatic carbocycles. The van der Waals surface area contributed by atoms with Crippen molar-refractivity contribution in [2.45, 2.75) is 19.3 Å². The van der Waals surface area contributed by atoms with Crippen molar-refractivity contribution in [2.75, 3.05) is 4.90 Å². The minimum Gasteiger partial charge on any atom is -0.457 e. The topological polar surface area (TPSA) is 12.5 Å². The van der Waals surface area contributed by atoms with Crippen molar-refractivity contribution in [1.82, 2.24) is 0 Å². The summed E-state index contributed by atoms with van der Waals surface area (Å²) in [7, 11) is 0. The van der Waals surface area contributed by atoms with Crippen LogP contribution in [0.15, 0.2) is 212 Å². The average molecular weight is 756 g/mol. The van der Waals surface area contributed by atoms with Crippen molar-refractivity contribution in [3.8, 4) is 44.9 Å². The van der Waals surface area contributed by atoms with Crippen molar-refractivity contribution in [1.29, 1.82) is 0 Å². The summed E-state index contributed by atoms with van der Waals surface area (Å²) in [5.74, 6) is 1.86. The van der Waals surface area contributed by atoms with E-state index in [2.05, 4.69) is 225 Å². The lowest BCUT2D eigenvalue weighted by Gasteiger charge is -2.34. The summed E-state index contributed by atoms with van der Waals surface area (Å²) in [4.78, 5) is 2.37. The summed E-state index contributed by atoms with van der Waals surface area (Å²) in [6.07, 6.45) is 0. The van der Waals surface area contributed by atoms with Gasteiger partial charge >= 0.3 is 0 Å². The number of hydrogen-bond donors (Lipinski definition) is 0. The van der Waals surface area contributed by atoms with Gasteiger partial charge in [0.15, 0.2) is 0 Å². The van der Waals surface area contributed by atoms with Crippen molar-refractivity contribution in [3.63, 3.8) is 0 Å². The molecule has 280 valence electrons. The van der Waals surface area contributed by atoms with Crippen molar-refractivity contribution in [3.05, 3.63) is 223 Å². The molecule has 1 aliphatic rings. The Morgan fingerprint density at radius 1 is 0.305 bits per heavy atom. The number of ether oxygens (including phenoxy) is 1. The maximum absolute atomic E-state index is 6.38. The molecule has 1 heterocycles. The molecule has 2 nitrogen and oxygen atoms in total. The van der Waals surface area contributed by atoms with Crippen LogP contribution in [0.2, 0.25) is 0 Å². The normalized spacial score (nSPS) is 12.8. The summed E-state index contributed by atoms with van der Waals surface area (Å²) >= 11 is 0. The molecule has 0 bridgehead atoms. The highest BCUT2D eigenvalue weighted by Crippen LogP contribution is 2.49. The van der Waals surface area contributed by atoms with E-state index < -0.39 is 0 Å². The highest BCUT2D eigenvalue weighted by molar-refractivity contribution is 6.25. The van der Waals surface area contributed by atoms with E-state index in [1.54, 1.807) is 0 Å². The molecule has 0 spiro atoms. The van der Waals surface area contributed by atoms with Crippen LogP contribution in [0.5, 0.6) is 11.5 Å². The van der Waals surface area contributed by atoms with Gasteiger partial charge in [-0.25, -0.2) is 0 Å². The molecule has 1 aliphatic heterocycles. The Kier molecular flexibility index (Phi) is 8.20. The molecule has 0 atom stereocenters. The minimum absolute atomic E-state index is 0.181. The molecule has 0 saturated heterocycles. The predicted octanol–water partition coefficient (Wildman–Crippen LogP) is 16.0. The van der Waals surface area contributed by atoms with Crippen LogP contribution in [0.1, 0.15) is 25.0 Å². The number of benzene rings is 10. The van der Waals surface area contributed by atoms with Crippen LogP contribution in [0.4, 0.5) is 17.1 Å². The van der Waals surface area contributed by atoms with Gasteiger partial charge in [-0.2, -0.15) is 0 Å². The molecule has 0 aromatic heterocycles. The number of rotatable bonds is 6. The van der Waals surface area contributed by atoms with Crippen LogP contribution >= 0.6 is 0 Å². The monoisotopic (exact) mass is 755 g/mol. The Hall–Kier alpha value is -7.42. The van der Waals surface area contributed by atoms with Gasteiger partial charge < -0.3 is 9.64 Å².